The summed E-state index contributed by atoms with van der Waals surface area (Å²) < 4.78 is 25.0. The lowest BCUT2D eigenvalue weighted by atomic mass is 10.1. The van der Waals surface area contributed by atoms with Gasteiger partial charge in [-0.15, -0.1) is 11.3 Å². The van der Waals surface area contributed by atoms with Gasteiger partial charge in [0, 0.05) is 35.4 Å². The molecule has 1 aliphatic heterocycles. The predicted molar refractivity (Wildman–Crippen MR) is 106 cm³/mol. The Hall–Kier alpha value is -2.78. The van der Waals surface area contributed by atoms with E-state index in [2.05, 4.69) is 15.3 Å². The third-order valence-corrected chi connectivity index (χ3v) is 6.21. The number of hydrogen-bond donors (Lipinski definition) is 1. The lowest BCUT2D eigenvalue weighted by Gasteiger charge is -2.16. The zero-order valence-electron chi connectivity index (χ0n) is 14.4. The lowest BCUT2D eigenvalue weighted by Crippen LogP contribution is -2.27. The van der Waals surface area contributed by atoms with Crippen LogP contribution in [0.3, 0.4) is 0 Å². The number of sulfonamides is 1. The minimum atomic E-state index is -3.30. The maximum Gasteiger partial charge on any atom is 0.257 e. The van der Waals surface area contributed by atoms with Gasteiger partial charge in [-0.3, -0.25) is 19.4 Å². The van der Waals surface area contributed by atoms with E-state index in [9.17, 15) is 13.2 Å². The summed E-state index contributed by atoms with van der Waals surface area (Å²) in [7, 11) is -3.30. The maximum absolute atomic E-state index is 12.5. The molecule has 0 saturated heterocycles. The molecular weight excluding hydrogens is 384 g/mol. The van der Waals surface area contributed by atoms with Crippen molar-refractivity contribution in [2.24, 2.45) is 0 Å². The Labute approximate surface area is 160 Å². The van der Waals surface area contributed by atoms with Crippen LogP contribution in [-0.2, 0) is 16.4 Å². The third-order valence-electron chi connectivity index (χ3n) is 4.28. The molecule has 0 saturated carbocycles. The number of nitrogens with one attached hydrogen (secondary N) is 1. The molecule has 9 heteroatoms. The van der Waals surface area contributed by atoms with Gasteiger partial charge in [0.1, 0.15) is 0 Å². The summed E-state index contributed by atoms with van der Waals surface area (Å²) in [4.78, 5) is 21.0. The fourth-order valence-corrected chi connectivity index (χ4v) is 4.68. The highest BCUT2D eigenvalue weighted by atomic mass is 32.2. The highest BCUT2D eigenvalue weighted by molar-refractivity contribution is 7.92. The van der Waals surface area contributed by atoms with Crippen molar-refractivity contribution in [1.29, 1.82) is 0 Å². The highest BCUT2D eigenvalue weighted by Crippen LogP contribution is 2.31. The van der Waals surface area contributed by atoms with E-state index in [-0.39, 0.29) is 5.91 Å². The monoisotopic (exact) mass is 400 g/mol. The van der Waals surface area contributed by atoms with Gasteiger partial charge < -0.3 is 0 Å². The quantitative estimate of drug-likeness (QED) is 0.727. The highest BCUT2D eigenvalue weighted by Gasteiger charge is 2.26. The molecule has 0 fully saturated rings. The first-order chi connectivity index (χ1) is 12.9. The van der Waals surface area contributed by atoms with Crippen molar-refractivity contribution in [2.45, 2.75) is 6.42 Å². The summed E-state index contributed by atoms with van der Waals surface area (Å²) in [6.07, 6.45) is 5.18. The van der Waals surface area contributed by atoms with Crippen molar-refractivity contribution in [3.8, 4) is 11.3 Å². The molecule has 0 unspecified atom stereocenters. The summed E-state index contributed by atoms with van der Waals surface area (Å²) in [5.41, 5.74) is 3.60. The van der Waals surface area contributed by atoms with E-state index in [0.29, 0.717) is 29.3 Å². The van der Waals surface area contributed by atoms with Crippen LogP contribution in [0.25, 0.3) is 11.3 Å². The average Bonchev–Trinajstić information content (AvgIpc) is 3.28. The van der Waals surface area contributed by atoms with Gasteiger partial charge in [-0.25, -0.2) is 13.4 Å². The largest absolute Gasteiger partial charge is 0.298 e. The molecule has 0 spiro atoms. The van der Waals surface area contributed by atoms with Gasteiger partial charge in [0.2, 0.25) is 10.0 Å². The van der Waals surface area contributed by atoms with Crippen LogP contribution in [0.15, 0.2) is 48.1 Å². The fraction of sp³-hybridized carbons (Fsp3) is 0.167. The van der Waals surface area contributed by atoms with Crippen LogP contribution in [0.4, 0.5) is 10.8 Å². The number of thiazole rings is 1. The lowest BCUT2D eigenvalue weighted by molar-refractivity contribution is 0.102. The standard InChI is InChI=1S/C18H16N4O3S2/c1-27(24,25)22-8-6-12-9-13(4-5-16(12)22)17(23)21-18-20-15(11-26-18)14-3-2-7-19-10-14/h2-5,7,9-11H,6,8H2,1H3,(H,20,21,23). The van der Waals surface area contributed by atoms with Crippen LogP contribution in [0.5, 0.6) is 0 Å². The van der Waals surface area contributed by atoms with E-state index < -0.39 is 10.0 Å². The van der Waals surface area contributed by atoms with E-state index in [1.807, 2.05) is 17.5 Å². The van der Waals surface area contributed by atoms with Gasteiger partial charge in [-0.2, -0.15) is 0 Å². The number of fused-ring (bicyclic) bond motifs is 1. The molecule has 0 atom stereocenters. The first-order valence-corrected chi connectivity index (χ1v) is 10.9. The van der Waals surface area contributed by atoms with Crippen molar-refractivity contribution >= 4 is 38.1 Å². The number of pyridine rings is 1. The summed E-state index contributed by atoms with van der Waals surface area (Å²) in [5.74, 6) is -0.275. The zero-order valence-corrected chi connectivity index (χ0v) is 16.0. The van der Waals surface area contributed by atoms with Crippen LogP contribution < -0.4 is 9.62 Å². The van der Waals surface area contributed by atoms with E-state index in [4.69, 9.17) is 0 Å². The van der Waals surface area contributed by atoms with Crippen LogP contribution in [0.2, 0.25) is 0 Å². The second kappa shape index (κ2) is 6.75. The number of rotatable bonds is 4. The van der Waals surface area contributed by atoms with Crippen LogP contribution >= 0.6 is 11.3 Å². The number of carbonyl (C=O) groups excluding carboxylic acids is 1. The number of carbonyl (C=O) groups is 1. The van der Waals surface area contributed by atoms with Gasteiger partial charge in [0.25, 0.3) is 5.91 Å². The molecule has 0 radical (unpaired) electrons. The molecule has 1 N–H and O–H groups in total. The Balaban J connectivity index is 1.52. The molecule has 4 rings (SSSR count). The van der Waals surface area contributed by atoms with Gasteiger partial charge in [-0.05, 0) is 42.3 Å². The summed E-state index contributed by atoms with van der Waals surface area (Å²) in [6, 6.07) is 8.79. The van der Waals surface area contributed by atoms with Gasteiger partial charge in [-0.1, -0.05) is 0 Å². The Morgan fingerprint density at radius 3 is 2.89 bits per heavy atom. The molecule has 27 heavy (non-hydrogen) atoms. The van der Waals surface area contributed by atoms with Crippen molar-refractivity contribution in [2.75, 3.05) is 22.4 Å². The molecule has 138 valence electrons. The van der Waals surface area contributed by atoms with Crippen molar-refractivity contribution < 1.29 is 13.2 Å². The molecule has 7 nitrogen and oxygen atoms in total. The minimum Gasteiger partial charge on any atom is -0.298 e. The summed E-state index contributed by atoms with van der Waals surface area (Å²) >= 11 is 1.34. The SMILES string of the molecule is CS(=O)(=O)N1CCc2cc(C(=O)Nc3nc(-c4cccnc4)cs3)ccc21. The predicted octanol–water partition coefficient (Wildman–Crippen LogP) is 2.78. The van der Waals surface area contributed by atoms with Gasteiger partial charge in [0.05, 0.1) is 17.6 Å². The van der Waals surface area contributed by atoms with Crippen LogP contribution in [0.1, 0.15) is 15.9 Å². The topological polar surface area (TPSA) is 92.3 Å². The van der Waals surface area contributed by atoms with E-state index in [0.717, 1.165) is 16.8 Å². The van der Waals surface area contributed by atoms with Crippen LogP contribution in [-0.4, -0.2) is 37.1 Å². The Bertz CT molecular complexity index is 1110. The Kier molecular flexibility index (Phi) is 4.40. The molecule has 0 aliphatic carbocycles. The van der Waals surface area contributed by atoms with E-state index in [1.54, 1.807) is 30.6 Å². The smallest absolute Gasteiger partial charge is 0.257 e. The van der Waals surface area contributed by atoms with Gasteiger partial charge >= 0.3 is 0 Å². The maximum atomic E-state index is 12.5. The molecule has 2 aromatic heterocycles. The first-order valence-electron chi connectivity index (χ1n) is 8.20. The van der Waals surface area contributed by atoms with E-state index in [1.165, 1.54) is 21.9 Å². The fourth-order valence-electron chi connectivity index (χ4n) is 3.00. The zero-order chi connectivity index (χ0) is 19.0. The Morgan fingerprint density at radius 2 is 2.15 bits per heavy atom. The van der Waals surface area contributed by atoms with Crippen molar-refractivity contribution in [3.63, 3.8) is 0 Å². The number of amides is 1. The molecule has 1 aromatic carbocycles. The number of aromatic nitrogens is 2. The molecule has 3 aromatic rings. The second-order valence-electron chi connectivity index (χ2n) is 6.16. The Morgan fingerprint density at radius 1 is 1.30 bits per heavy atom. The molecule has 1 aliphatic rings. The number of nitrogens with zero attached hydrogens (tertiary/aromatic N) is 3. The van der Waals surface area contributed by atoms with Crippen LogP contribution in [0, 0.1) is 0 Å². The number of hydrogen-bond acceptors (Lipinski definition) is 6. The molecule has 1 amide bonds. The third kappa shape index (κ3) is 3.56. The summed E-state index contributed by atoms with van der Waals surface area (Å²) in [6.45, 7) is 0.403. The average molecular weight is 400 g/mol. The first kappa shape index (κ1) is 17.6. The summed E-state index contributed by atoms with van der Waals surface area (Å²) in [5, 5.41) is 5.15. The van der Waals surface area contributed by atoms with Crippen molar-refractivity contribution in [3.05, 3.63) is 59.2 Å². The minimum absolute atomic E-state index is 0.275. The van der Waals surface area contributed by atoms with Crippen molar-refractivity contribution in [1.82, 2.24) is 9.97 Å². The second-order valence-corrected chi connectivity index (χ2v) is 8.93. The van der Waals surface area contributed by atoms with Gasteiger partial charge in [0.15, 0.2) is 5.13 Å². The number of anilines is 2. The number of benzene rings is 1. The molecular formula is C18H16N4O3S2. The van der Waals surface area contributed by atoms with E-state index >= 15 is 0 Å². The molecule has 0 bridgehead atoms. The normalized spacial score (nSPS) is 13.4. The molecule has 3 heterocycles.